The first-order chi connectivity index (χ1) is 14.4. The summed E-state index contributed by atoms with van der Waals surface area (Å²) in [6.45, 7) is 2.32. The number of para-hydroxylation sites is 2. The number of piperidine rings is 1. The standard InChI is InChI=1S/C23H26Cl2N4O/c1-27-11-9-18(10-12-27)28(2)23(30)15-29-21-6-4-3-5-20(21)26-22(29)13-16-7-8-17(24)14-19(16)25/h3-8,14,18H,9-13,15H2,1-2H3. The van der Waals surface area contributed by atoms with Crippen molar-refractivity contribution < 1.29 is 4.79 Å². The van der Waals surface area contributed by atoms with Crippen LogP contribution in [0.5, 0.6) is 0 Å². The van der Waals surface area contributed by atoms with Gasteiger partial charge in [-0.2, -0.15) is 0 Å². The number of nitrogens with zero attached hydrogens (tertiary/aromatic N) is 4. The van der Waals surface area contributed by atoms with E-state index >= 15 is 0 Å². The highest BCUT2D eigenvalue weighted by Gasteiger charge is 2.25. The number of hydrogen-bond donors (Lipinski definition) is 0. The third kappa shape index (κ3) is 4.48. The van der Waals surface area contributed by atoms with Crippen molar-refractivity contribution >= 4 is 40.1 Å². The van der Waals surface area contributed by atoms with Gasteiger partial charge >= 0.3 is 0 Å². The maximum absolute atomic E-state index is 13.2. The van der Waals surface area contributed by atoms with Gasteiger partial charge in [0.1, 0.15) is 12.4 Å². The van der Waals surface area contributed by atoms with Crippen LogP contribution in [0.15, 0.2) is 42.5 Å². The van der Waals surface area contributed by atoms with E-state index in [1.54, 1.807) is 6.07 Å². The largest absolute Gasteiger partial charge is 0.341 e. The monoisotopic (exact) mass is 444 g/mol. The molecule has 0 bridgehead atoms. The molecule has 0 radical (unpaired) electrons. The predicted molar refractivity (Wildman–Crippen MR) is 122 cm³/mol. The lowest BCUT2D eigenvalue weighted by molar-refractivity contribution is -0.133. The zero-order chi connectivity index (χ0) is 21.3. The summed E-state index contributed by atoms with van der Waals surface area (Å²) in [7, 11) is 4.05. The summed E-state index contributed by atoms with van der Waals surface area (Å²) in [6, 6.07) is 13.7. The van der Waals surface area contributed by atoms with Gasteiger partial charge in [-0.1, -0.05) is 41.4 Å². The molecular weight excluding hydrogens is 419 g/mol. The number of halogens is 2. The number of hydrogen-bond acceptors (Lipinski definition) is 3. The molecule has 0 atom stereocenters. The average molecular weight is 445 g/mol. The van der Waals surface area contributed by atoms with Crippen LogP contribution in [0.4, 0.5) is 0 Å². The Labute approximate surface area is 187 Å². The number of likely N-dealkylation sites (N-methyl/N-ethyl adjacent to an activating group) is 1. The van der Waals surface area contributed by atoms with Crippen LogP contribution in [0.25, 0.3) is 11.0 Å². The summed E-state index contributed by atoms with van der Waals surface area (Å²) >= 11 is 12.4. The van der Waals surface area contributed by atoms with Crippen LogP contribution in [-0.2, 0) is 17.8 Å². The fourth-order valence-electron chi connectivity index (χ4n) is 4.10. The molecule has 0 aliphatic carbocycles. The number of imidazole rings is 1. The highest BCUT2D eigenvalue weighted by Crippen LogP contribution is 2.25. The molecular formula is C23H26Cl2N4O. The topological polar surface area (TPSA) is 41.4 Å². The Morgan fingerprint density at radius 3 is 2.63 bits per heavy atom. The molecule has 4 rings (SSSR count). The molecule has 1 aromatic heterocycles. The Morgan fingerprint density at radius 2 is 1.90 bits per heavy atom. The third-order valence-corrected chi connectivity index (χ3v) is 6.61. The molecule has 1 fully saturated rings. The first-order valence-electron chi connectivity index (χ1n) is 10.2. The molecule has 7 heteroatoms. The first kappa shape index (κ1) is 21.2. The molecule has 0 unspecified atom stereocenters. The molecule has 2 heterocycles. The zero-order valence-electron chi connectivity index (χ0n) is 17.3. The molecule has 1 aliphatic heterocycles. The molecule has 5 nitrogen and oxygen atoms in total. The van der Waals surface area contributed by atoms with E-state index in [2.05, 4.69) is 11.9 Å². The van der Waals surface area contributed by atoms with Gasteiger partial charge in [-0.15, -0.1) is 0 Å². The molecule has 1 amide bonds. The Bertz CT molecular complexity index is 1060. The minimum atomic E-state index is 0.108. The normalized spacial score (nSPS) is 15.6. The van der Waals surface area contributed by atoms with Crippen molar-refractivity contribution in [2.24, 2.45) is 0 Å². The van der Waals surface area contributed by atoms with E-state index in [-0.39, 0.29) is 18.5 Å². The van der Waals surface area contributed by atoms with Crippen molar-refractivity contribution in [1.29, 1.82) is 0 Å². The maximum Gasteiger partial charge on any atom is 0.242 e. The lowest BCUT2D eigenvalue weighted by Gasteiger charge is -2.35. The fourth-order valence-corrected chi connectivity index (χ4v) is 4.58. The number of likely N-dealkylation sites (tertiary alicyclic amines) is 1. The van der Waals surface area contributed by atoms with Gasteiger partial charge in [0, 0.05) is 29.6 Å². The van der Waals surface area contributed by atoms with Crippen LogP contribution in [0.1, 0.15) is 24.2 Å². The predicted octanol–water partition coefficient (Wildman–Crippen LogP) is 4.49. The number of aromatic nitrogens is 2. The number of carbonyl (C=O) groups excluding carboxylic acids is 1. The zero-order valence-corrected chi connectivity index (χ0v) is 18.8. The van der Waals surface area contributed by atoms with Crippen LogP contribution in [0, 0.1) is 0 Å². The molecule has 158 valence electrons. The average Bonchev–Trinajstić information content (AvgIpc) is 3.07. The minimum absolute atomic E-state index is 0.108. The van der Waals surface area contributed by atoms with Gasteiger partial charge in [0.25, 0.3) is 0 Å². The molecule has 30 heavy (non-hydrogen) atoms. The SMILES string of the molecule is CN1CCC(N(C)C(=O)Cn2c(Cc3ccc(Cl)cc3Cl)nc3ccccc32)CC1. The lowest BCUT2D eigenvalue weighted by Crippen LogP contribution is -2.45. The third-order valence-electron chi connectivity index (χ3n) is 6.02. The summed E-state index contributed by atoms with van der Waals surface area (Å²) in [5.41, 5.74) is 2.78. The van der Waals surface area contributed by atoms with E-state index in [0.29, 0.717) is 16.5 Å². The van der Waals surface area contributed by atoms with E-state index in [9.17, 15) is 4.79 Å². The van der Waals surface area contributed by atoms with Crippen LogP contribution in [0.3, 0.4) is 0 Å². The van der Waals surface area contributed by atoms with Gasteiger partial charge in [-0.3, -0.25) is 4.79 Å². The molecule has 3 aromatic rings. The van der Waals surface area contributed by atoms with E-state index in [1.165, 1.54) is 0 Å². The second kappa shape index (κ2) is 8.96. The van der Waals surface area contributed by atoms with Crippen LogP contribution in [-0.4, -0.2) is 58.5 Å². The molecule has 2 aromatic carbocycles. The minimum Gasteiger partial charge on any atom is -0.341 e. The Kier molecular flexibility index (Phi) is 6.32. The van der Waals surface area contributed by atoms with Crippen molar-refractivity contribution in [1.82, 2.24) is 19.4 Å². The highest BCUT2D eigenvalue weighted by molar-refractivity contribution is 6.35. The summed E-state index contributed by atoms with van der Waals surface area (Å²) in [6.07, 6.45) is 2.56. The summed E-state index contributed by atoms with van der Waals surface area (Å²) in [4.78, 5) is 22.2. The van der Waals surface area contributed by atoms with E-state index in [1.807, 2.05) is 52.9 Å². The van der Waals surface area contributed by atoms with E-state index in [0.717, 1.165) is 48.4 Å². The van der Waals surface area contributed by atoms with Crippen LogP contribution >= 0.6 is 23.2 Å². The van der Waals surface area contributed by atoms with Gasteiger partial charge in [0.2, 0.25) is 5.91 Å². The lowest BCUT2D eigenvalue weighted by atomic mass is 10.0. The molecule has 1 saturated heterocycles. The van der Waals surface area contributed by atoms with Crippen molar-refractivity contribution in [3.8, 4) is 0 Å². The summed E-state index contributed by atoms with van der Waals surface area (Å²) in [5, 5.41) is 1.21. The summed E-state index contributed by atoms with van der Waals surface area (Å²) in [5.74, 6) is 0.932. The number of benzene rings is 2. The van der Waals surface area contributed by atoms with Gasteiger partial charge in [0.15, 0.2) is 0 Å². The van der Waals surface area contributed by atoms with Crippen LogP contribution in [0.2, 0.25) is 10.0 Å². The number of rotatable bonds is 5. The first-order valence-corrected chi connectivity index (χ1v) is 11.0. The van der Waals surface area contributed by atoms with Crippen LogP contribution < -0.4 is 0 Å². The molecule has 1 aliphatic rings. The number of amides is 1. The van der Waals surface area contributed by atoms with Crippen molar-refractivity contribution in [2.75, 3.05) is 27.2 Å². The maximum atomic E-state index is 13.2. The second-order valence-corrected chi connectivity index (χ2v) is 8.90. The summed E-state index contributed by atoms with van der Waals surface area (Å²) < 4.78 is 2.02. The quantitative estimate of drug-likeness (QED) is 0.581. The van der Waals surface area contributed by atoms with Gasteiger partial charge in [-0.05, 0) is 62.8 Å². The van der Waals surface area contributed by atoms with Gasteiger partial charge in [-0.25, -0.2) is 4.98 Å². The smallest absolute Gasteiger partial charge is 0.242 e. The van der Waals surface area contributed by atoms with E-state index in [4.69, 9.17) is 28.2 Å². The molecule has 0 saturated carbocycles. The van der Waals surface area contributed by atoms with Crippen molar-refractivity contribution in [3.63, 3.8) is 0 Å². The molecule has 0 N–H and O–H groups in total. The molecule has 0 spiro atoms. The fraction of sp³-hybridized carbons (Fsp3) is 0.391. The second-order valence-electron chi connectivity index (χ2n) is 8.05. The van der Waals surface area contributed by atoms with Crippen molar-refractivity contribution in [3.05, 3.63) is 63.9 Å². The highest BCUT2D eigenvalue weighted by atomic mass is 35.5. The Morgan fingerprint density at radius 1 is 1.17 bits per heavy atom. The Balaban J connectivity index is 1.61. The van der Waals surface area contributed by atoms with Gasteiger partial charge in [0.05, 0.1) is 11.0 Å². The van der Waals surface area contributed by atoms with E-state index < -0.39 is 0 Å². The number of carbonyl (C=O) groups is 1. The van der Waals surface area contributed by atoms with Gasteiger partial charge < -0.3 is 14.4 Å². The Hall–Kier alpha value is -2.08. The number of fused-ring (bicyclic) bond motifs is 1. The van der Waals surface area contributed by atoms with Crippen molar-refractivity contribution in [2.45, 2.75) is 31.8 Å².